The Kier molecular flexibility index (Phi) is 4.33. The lowest BCUT2D eigenvalue weighted by Crippen LogP contribution is -2.12. The number of fused-ring (bicyclic) bond motifs is 1. The largest absolute Gasteiger partial charge is 0.249 e. The Hall–Kier alpha value is -1.98. The number of sulfone groups is 1. The average molecular weight is 388 g/mol. The van der Waals surface area contributed by atoms with Gasteiger partial charge in [0.1, 0.15) is 9.85 Å². The first-order valence-corrected chi connectivity index (χ1v) is 9.33. The van der Waals surface area contributed by atoms with Gasteiger partial charge >= 0.3 is 0 Å². The molecular formula is C18H14BrNO2S. The lowest BCUT2D eigenvalue weighted by atomic mass is 10.0. The van der Waals surface area contributed by atoms with Crippen molar-refractivity contribution in [2.75, 3.05) is 0 Å². The van der Waals surface area contributed by atoms with Gasteiger partial charge in [-0.1, -0.05) is 48.5 Å². The third-order valence-corrected chi connectivity index (χ3v) is 6.16. The van der Waals surface area contributed by atoms with Crippen molar-refractivity contribution in [2.24, 2.45) is 0 Å². The molecule has 1 heterocycles. The summed E-state index contributed by atoms with van der Waals surface area (Å²) in [6.45, 7) is 3.75. The Morgan fingerprint density at radius 3 is 2.57 bits per heavy atom. The molecule has 0 saturated heterocycles. The second-order valence-corrected chi connectivity index (χ2v) is 7.97. The number of rotatable bonds is 4. The fourth-order valence-electron chi connectivity index (χ4n) is 2.63. The second kappa shape index (κ2) is 6.26. The molecule has 0 aliphatic rings. The molecule has 1 unspecified atom stereocenters. The van der Waals surface area contributed by atoms with E-state index in [2.05, 4.69) is 27.5 Å². The molecule has 0 amide bonds. The Bertz CT molecular complexity index is 978. The van der Waals surface area contributed by atoms with Crippen LogP contribution in [-0.4, -0.2) is 13.4 Å². The lowest BCUT2D eigenvalue weighted by molar-refractivity contribution is 0.590. The zero-order valence-corrected chi connectivity index (χ0v) is 14.6. The summed E-state index contributed by atoms with van der Waals surface area (Å²) in [6, 6.07) is 16.4. The quantitative estimate of drug-likeness (QED) is 0.481. The highest BCUT2D eigenvalue weighted by Crippen LogP contribution is 2.34. The fraction of sp³-hybridized carbons (Fsp3) is 0.0556. The van der Waals surface area contributed by atoms with E-state index in [0.717, 1.165) is 16.3 Å². The van der Waals surface area contributed by atoms with Crippen LogP contribution in [0.4, 0.5) is 0 Å². The summed E-state index contributed by atoms with van der Waals surface area (Å²) in [7, 11) is -3.61. The maximum absolute atomic E-state index is 13.0. The third kappa shape index (κ3) is 2.94. The second-order valence-electron chi connectivity index (χ2n) is 5.08. The van der Waals surface area contributed by atoms with Gasteiger partial charge in [0, 0.05) is 6.20 Å². The SMILES string of the molecule is C=CC(c1cccc2ccccc12)S(=O)(=O)c1ccnc(Br)c1. The average Bonchev–Trinajstić information content (AvgIpc) is 2.55. The van der Waals surface area contributed by atoms with Crippen molar-refractivity contribution >= 4 is 36.5 Å². The predicted molar refractivity (Wildman–Crippen MR) is 96.0 cm³/mol. The van der Waals surface area contributed by atoms with Gasteiger partial charge in [0.15, 0.2) is 9.84 Å². The number of nitrogens with zero attached hydrogens (tertiary/aromatic N) is 1. The summed E-state index contributed by atoms with van der Waals surface area (Å²) < 4.78 is 26.6. The minimum atomic E-state index is -3.61. The molecule has 23 heavy (non-hydrogen) atoms. The van der Waals surface area contributed by atoms with Gasteiger partial charge in [0.05, 0.1) is 4.90 Å². The van der Waals surface area contributed by atoms with Crippen LogP contribution in [-0.2, 0) is 9.84 Å². The first kappa shape index (κ1) is 15.9. The normalized spacial score (nSPS) is 12.9. The van der Waals surface area contributed by atoms with Crippen LogP contribution >= 0.6 is 15.9 Å². The summed E-state index contributed by atoms with van der Waals surface area (Å²) >= 11 is 3.22. The maximum Gasteiger partial charge on any atom is 0.189 e. The molecule has 0 N–H and O–H groups in total. The van der Waals surface area contributed by atoms with Gasteiger partial charge in [-0.05, 0) is 44.4 Å². The van der Waals surface area contributed by atoms with Crippen LogP contribution in [0.2, 0.25) is 0 Å². The van der Waals surface area contributed by atoms with Gasteiger partial charge in [-0.15, -0.1) is 6.58 Å². The van der Waals surface area contributed by atoms with E-state index in [-0.39, 0.29) is 4.90 Å². The van der Waals surface area contributed by atoms with Gasteiger partial charge in [0.2, 0.25) is 0 Å². The highest BCUT2D eigenvalue weighted by atomic mass is 79.9. The van der Waals surface area contributed by atoms with E-state index in [1.165, 1.54) is 24.4 Å². The molecule has 1 aromatic heterocycles. The van der Waals surface area contributed by atoms with Crippen molar-refractivity contribution in [3.8, 4) is 0 Å². The minimum Gasteiger partial charge on any atom is -0.249 e. The summed E-state index contributed by atoms with van der Waals surface area (Å²) in [5.74, 6) is 0. The molecule has 5 heteroatoms. The molecule has 116 valence electrons. The Labute approximate surface area is 143 Å². The summed E-state index contributed by atoms with van der Waals surface area (Å²) in [6.07, 6.45) is 2.95. The molecule has 3 rings (SSSR count). The summed E-state index contributed by atoms with van der Waals surface area (Å²) in [5.41, 5.74) is 0.728. The van der Waals surface area contributed by atoms with Crippen LogP contribution in [0.15, 0.2) is 82.9 Å². The van der Waals surface area contributed by atoms with Crippen molar-refractivity contribution in [3.05, 3.63) is 83.6 Å². The molecule has 2 aromatic carbocycles. The van der Waals surface area contributed by atoms with Crippen molar-refractivity contribution < 1.29 is 8.42 Å². The molecule has 3 nitrogen and oxygen atoms in total. The molecule has 0 bridgehead atoms. The van der Waals surface area contributed by atoms with Crippen LogP contribution in [0.3, 0.4) is 0 Å². The lowest BCUT2D eigenvalue weighted by Gasteiger charge is -2.16. The smallest absolute Gasteiger partial charge is 0.189 e. The van der Waals surface area contributed by atoms with Crippen LogP contribution < -0.4 is 0 Å². The minimum absolute atomic E-state index is 0.220. The Morgan fingerprint density at radius 2 is 1.83 bits per heavy atom. The Morgan fingerprint density at radius 1 is 1.09 bits per heavy atom. The van der Waals surface area contributed by atoms with Gasteiger partial charge in [-0.2, -0.15) is 0 Å². The molecule has 1 atom stereocenters. The van der Waals surface area contributed by atoms with Crippen molar-refractivity contribution in [1.29, 1.82) is 0 Å². The maximum atomic E-state index is 13.0. The van der Waals surface area contributed by atoms with Gasteiger partial charge in [-0.3, -0.25) is 0 Å². The first-order chi connectivity index (χ1) is 11.0. The van der Waals surface area contributed by atoms with E-state index in [0.29, 0.717) is 4.60 Å². The monoisotopic (exact) mass is 387 g/mol. The molecule has 0 spiro atoms. The number of hydrogen-bond acceptors (Lipinski definition) is 3. The molecular weight excluding hydrogens is 374 g/mol. The van der Waals surface area contributed by atoms with Gasteiger partial charge in [-0.25, -0.2) is 13.4 Å². The summed E-state index contributed by atoms with van der Waals surface area (Å²) in [4.78, 5) is 4.21. The highest BCUT2D eigenvalue weighted by Gasteiger charge is 2.28. The van der Waals surface area contributed by atoms with Crippen LogP contribution in [0, 0.1) is 0 Å². The number of halogens is 1. The summed E-state index contributed by atoms with van der Waals surface area (Å²) in [5, 5.41) is 1.10. The highest BCUT2D eigenvalue weighted by molar-refractivity contribution is 9.10. The molecule has 0 radical (unpaired) electrons. The first-order valence-electron chi connectivity index (χ1n) is 6.99. The van der Waals surface area contributed by atoms with E-state index >= 15 is 0 Å². The molecule has 0 aliphatic carbocycles. The Balaban J connectivity index is 2.21. The zero-order valence-electron chi connectivity index (χ0n) is 12.2. The van der Waals surface area contributed by atoms with Crippen molar-refractivity contribution in [1.82, 2.24) is 4.98 Å². The zero-order chi connectivity index (χ0) is 16.4. The predicted octanol–water partition coefficient (Wildman–Crippen LogP) is 4.70. The standard InChI is InChI=1S/C18H14BrNO2S/c1-2-17(23(21,22)14-10-11-20-18(19)12-14)16-9-5-7-13-6-3-4-8-15(13)16/h2-12,17H,1H2. The fourth-order valence-corrected chi connectivity index (χ4v) is 4.76. The molecule has 0 aliphatic heterocycles. The van der Waals surface area contributed by atoms with Crippen LogP contribution in [0.25, 0.3) is 10.8 Å². The molecule has 3 aromatic rings. The van der Waals surface area contributed by atoms with Crippen LogP contribution in [0.5, 0.6) is 0 Å². The number of hydrogen-bond donors (Lipinski definition) is 0. The molecule has 0 fully saturated rings. The van der Waals surface area contributed by atoms with Crippen LogP contribution in [0.1, 0.15) is 10.8 Å². The van der Waals surface area contributed by atoms with E-state index in [1.54, 1.807) is 0 Å². The molecule has 0 saturated carbocycles. The van der Waals surface area contributed by atoms with E-state index in [4.69, 9.17) is 0 Å². The van der Waals surface area contributed by atoms with E-state index < -0.39 is 15.1 Å². The van der Waals surface area contributed by atoms with Gasteiger partial charge < -0.3 is 0 Å². The number of benzene rings is 2. The van der Waals surface area contributed by atoms with E-state index in [1.807, 2.05) is 42.5 Å². The number of aromatic nitrogens is 1. The van der Waals surface area contributed by atoms with Crippen molar-refractivity contribution in [2.45, 2.75) is 10.1 Å². The van der Waals surface area contributed by atoms with E-state index in [9.17, 15) is 8.42 Å². The van der Waals surface area contributed by atoms with Gasteiger partial charge in [0.25, 0.3) is 0 Å². The topological polar surface area (TPSA) is 47.0 Å². The third-order valence-electron chi connectivity index (χ3n) is 3.70. The van der Waals surface area contributed by atoms with Crippen molar-refractivity contribution in [3.63, 3.8) is 0 Å². The number of pyridine rings is 1.